The van der Waals surface area contributed by atoms with Crippen molar-refractivity contribution in [3.8, 4) is 0 Å². The molecule has 1 aromatic heterocycles. The van der Waals surface area contributed by atoms with Gasteiger partial charge in [0.1, 0.15) is 11.5 Å². The fourth-order valence-electron chi connectivity index (χ4n) is 2.17. The van der Waals surface area contributed by atoms with Crippen LogP contribution in [0.4, 0.5) is 5.82 Å². The summed E-state index contributed by atoms with van der Waals surface area (Å²) in [6.07, 6.45) is 2.26. The first-order valence-corrected chi connectivity index (χ1v) is 5.69. The van der Waals surface area contributed by atoms with Crippen molar-refractivity contribution in [3.05, 3.63) is 11.8 Å². The molecule has 5 heteroatoms. The van der Waals surface area contributed by atoms with E-state index in [0.717, 1.165) is 13.0 Å². The summed E-state index contributed by atoms with van der Waals surface area (Å²) in [4.78, 5) is 14.1. The molecular formula is C11H18N4O. The third kappa shape index (κ3) is 2.03. The number of aromatic nitrogens is 2. The first kappa shape index (κ1) is 11.0. The van der Waals surface area contributed by atoms with E-state index in [1.807, 2.05) is 4.90 Å². The molecule has 88 valence electrons. The van der Waals surface area contributed by atoms with Crippen molar-refractivity contribution in [2.24, 2.45) is 5.92 Å². The minimum atomic E-state index is 0.00301. The number of anilines is 1. The summed E-state index contributed by atoms with van der Waals surface area (Å²) in [5.74, 6) is 0.935. The molecule has 0 saturated carbocycles. The highest BCUT2D eigenvalue weighted by Crippen LogP contribution is 2.22. The quantitative estimate of drug-likeness (QED) is 0.751. The lowest BCUT2D eigenvalue weighted by atomic mass is 9.95. The lowest BCUT2D eigenvalue weighted by Crippen LogP contribution is -2.45. The Bertz CT molecular complexity index is 387. The first-order valence-electron chi connectivity index (χ1n) is 5.69. The van der Waals surface area contributed by atoms with Crippen LogP contribution >= 0.6 is 0 Å². The topological polar surface area (TPSA) is 75.0 Å². The van der Waals surface area contributed by atoms with Gasteiger partial charge in [-0.3, -0.25) is 9.89 Å². The molecule has 3 N–H and O–H groups in total. The van der Waals surface area contributed by atoms with Gasteiger partial charge in [-0.25, -0.2) is 0 Å². The molecule has 0 aromatic carbocycles. The van der Waals surface area contributed by atoms with Crippen LogP contribution in [0.2, 0.25) is 0 Å². The van der Waals surface area contributed by atoms with Gasteiger partial charge < -0.3 is 10.6 Å². The minimum Gasteiger partial charge on any atom is -0.382 e. The highest BCUT2D eigenvalue weighted by atomic mass is 16.2. The fraction of sp³-hybridized carbons (Fsp3) is 0.636. The second kappa shape index (κ2) is 4.15. The summed E-state index contributed by atoms with van der Waals surface area (Å²) in [6, 6.07) is 1.89. The summed E-state index contributed by atoms with van der Waals surface area (Å²) >= 11 is 0. The smallest absolute Gasteiger partial charge is 0.272 e. The van der Waals surface area contributed by atoms with E-state index in [-0.39, 0.29) is 5.91 Å². The van der Waals surface area contributed by atoms with Crippen molar-refractivity contribution < 1.29 is 4.79 Å². The zero-order valence-electron chi connectivity index (χ0n) is 9.73. The van der Waals surface area contributed by atoms with Crippen LogP contribution in [-0.2, 0) is 0 Å². The summed E-state index contributed by atoms with van der Waals surface area (Å²) in [5, 5.41) is 6.45. The summed E-state index contributed by atoms with van der Waals surface area (Å²) in [5.41, 5.74) is 5.98. The number of nitrogen functional groups attached to an aromatic ring is 1. The Balaban J connectivity index is 2.14. The van der Waals surface area contributed by atoms with Crippen molar-refractivity contribution in [1.82, 2.24) is 15.1 Å². The van der Waals surface area contributed by atoms with Gasteiger partial charge in [-0.15, -0.1) is 0 Å². The molecule has 0 radical (unpaired) electrons. The Morgan fingerprint density at radius 2 is 2.31 bits per heavy atom. The molecule has 5 nitrogen and oxygen atoms in total. The van der Waals surface area contributed by atoms with E-state index >= 15 is 0 Å². The maximum Gasteiger partial charge on any atom is 0.272 e. The number of amides is 1. The lowest BCUT2D eigenvalue weighted by Gasteiger charge is -2.36. The van der Waals surface area contributed by atoms with Crippen LogP contribution in [0.25, 0.3) is 0 Å². The Labute approximate surface area is 95.0 Å². The number of aromatic amines is 1. The molecule has 2 unspecified atom stereocenters. The van der Waals surface area contributed by atoms with Gasteiger partial charge >= 0.3 is 0 Å². The van der Waals surface area contributed by atoms with Crippen LogP contribution in [-0.4, -0.2) is 33.6 Å². The number of piperidine rings is 1. The van der Waals surface area contributed by atoms with E-state index in [0.29, 0.717) is 23.5 Å². The van der Waals surface area contributed by atoms with E-state index in [1.54, 1.807) is 6.07 Å². The number of H-pyrrole nitrogens is 1. The predicted octanol–water partition coefficient (Wildman–Crippen LogP) is 1.25. The van der Waals surface area contributed by atoms with Gasteiger partial charge in [0.2, 0.25) is 0 Å². The molecule has 1 fully saturated rings. The molecule has 1 saturated heterocycles. The van der Waals surface area contributed by atoms with Gasteiger partial charge in [-0.2, -0.15) is 5.10 Å². The van der Waals surface area contributed by atoms with Crippen molar-refractivity contribution in [1.29, 1.82) is 0 Å². The van der Waals surface area contributed by atoms with Crippen LogP contribution in [0.3, 0.4) is 0 Å². The molecule has 0 spiro atoms. The third-order valence-corrected chi connectivity index (χ3v) is 3.21. The molecule has 2 heterocycles. The molecule has 1 aliphatic rings. The highest BCUT2D eigenvalue weighted by Gasteiger charge is 2.28. The Hall–Kier alpha value is -1.52. The molecule has 1 aliphatic heterocycles. The zero-order valence-corrected chi connectivity index (χ0v) is 9.73. The van der Waals surface area contributed by atoms with Crippen molar-refractivity contribution in [3.63, 3.8) is 0 Å². The molecule has 2 atom stereocenters. The fourth-order valence-corrected chi connectivity index (χ4v) is 2.17. The third-order valence-electron chi connectivity index (χ3n) is 3.21. The number of likely N-dealkylation sites (tertiary alicyclic amines) is 1. The predicted molar refractivity (Wildman–Crippen MR) is 61.9 cm³/mol. The number of nitrogens with one attached hydrogen (secondary N) is 1. The average Bonchev–Trinajstić information content (AvgIpc) is 2.67. The van der Waals surface area contributed by atoms with E-state index in [4.69, 9.17) is 5.73 Å². The second-order valence-electron chi connectivity index (χ2n) is 4.70. The van der Waals surface area contributed by atoms with Crippen molar-refractivity contribution >= 4 is 11.7 Å². The summed E-state index contributed by atoms with van der Waals surface area (Å²) in [6.45, 7) is 5.08. The van der Waals surface area contributed by atoms with Gasteiger partial charge in [0.05, 0.1) is 0 Å². The van der Waals surface area contributed by atoms with E-state index in [9.17, 15) is 4.79 Å². The average molecular weight is 222 g/mol. The molecule has 2 rings (SSSR count). The molecule has 16 heavy (non-hydrogen) atoms. The number of carbonyl (C=O) groups excluding carboxylic acids is 1. The van der Waals surface area contributed by atoms with Crippen LogP contribution in [0.5, 0.6) is 0 Å². The van der Waals surface area contributed by atoms with Crippen molar-refractivity contribution in [2.45, 2.75) is 32.7 Å². The van der Waals surface area contributed by atoms with E-state index in [1.165, 1.54) is 6.42 Å². The highest BCUT2D eigenvalue weighted by molar-refractivity contribution is 5.93. The van der Waals surface area contributed by atoms with Gasteiger partial charge in [-0.05, 0) is 25.7 Å². The second-order valence-corrected chi connectivity index (χ2v) is 4.70. The SMILES string of the molecule is CC1CCC(C)N(C(=O)c2cc(N)n[nH]2)C1. The molecular weight excluding hydrogens is 204 g/mol. The molecule has 1 aromatic rings. The number of rotatable bonds is 1. The number of hydrogen-bond donors (Lipinski definition) is 2. The normalized spacial score (nSPS) is 25.8. The van der Waals surface area contributed by atoms with Crippen LogP contribution in [0, 0.1) is 5.92 Å². The maximum atomic E-state index is 12.2. The van der Waals surface area contributed by atoms with Crippen LogP contribution < -0.4 is 5.73 Å². The number of nitrogens with two attached hydrogens (primary N) is 1. The van der Waals surface area contributed by atoms with Crippen molar-refractivity contribution in [2.75, 3.05) is 12.3 Å². The maximum absolute atomic E-state index is 12.2. The van der Waals surface area contributed by atoms with Gasteiger partial charge in [0.25, 0.3) is 5.91 Å². The standard InChI is InChI=1S/C11H18N4O/c1-7-3-4-8(2)15(6-7)11(16)9-5-10(12)14-13-9/h5,7-8H,3-4,6H2,1-2H3,(H3,12,13,14). The van der Waals surface area contributed by atoms with Gasteiger partial charge in [0.15, 0.2) is 0 Å². The Morgan fingerprint density at radius 1 is 1.56 bits per heavy atom. The van der Waals surface area contributed by atoms with Gasteiger partial charge in [-0.1, -0.05) is 6.92 Å². The molecule has 0 bridgehead atoms. The minimum absolute atomic E-state index is 0.00301. The monoisotopic (exact) mass is 222 g/mol. The van der Waals surface area contributed by atoms with Crippen LogP contribution in [0.1, 0.15) is 37.2 Å². The first-order chi connectivity index (χ1) is 7.58. The Morgan fingerprint density at radius 3 is 2.94 bits per heavy atom. The van der Waals surface area contributed by atoms with Gasteiger partial charge in [0, 0.05) is 18.7 Å². The zero-order chi connectivity index (χ0) is 11.7. The Kier molecular flexibility index (Phi) is 2.85. The lowest BCUT2D eigenvalue weighted by molar-refractivity contribution is 0.0568. The largest absolute Gasteiger partial charge is 0.382 e. The molecule has 0 aliphatic carbocycles. The molecule has 1 amide bonds. The van der Waals surface area contributed by atoms with E-state index in [2.05, 4.69) is 24.0 Å². The number of nitrogens with zero attached hydrogens (tertiary/aromatic N) is 2. The van der Waals surface area contributed by atoms with E-state index < -0.39 is 0 Å². The summed E-state index contributed by atoms with van der Waals surface area (Å²) in [7, 11) is 0. The van der Waals surface area contributed by atoms with Crippen LogP contribution in [0.15, 0.2) is 6.07 Å². The number of carbonyl (C=O) groups is 1. The number of hydrogen-bond acceptors (Lipinski definition) is 3. The summed E-state index contributed by atoms with van der Waals surface area (Å²) < 4.78 is 0.